The first kappa shape index (κ1) is 11.5. The third-order valence-electron chi connectivity index (χ3n) is 2.85. The van der Waals surface area contributed by atoms with E-state index in [1.54, 1.807) is 7.05 Å². The number of hydrogen-bond donors (Lipinski definition) is 1. The van der Waals surface area contributed by atoms with E-state index in [0.717, 1.165) is 38.7 Å². The van der Waals surface area contributed by atoms with Crippen LogP contribution in [0.3, 0.4) is 0 Å². The van der Waals surface area contributed by atoms with Crippen LogP contribution in [-0.4, -0.2) is 25.7 Å². The third-order valence-corrected chi connectivity index (χ3v) is 2.85. The van der Waals surface area contributed by atoms with Crippen molar-refractivity contribution in [1.29, 1.82) is 0 Å². The normalized spacial score (nSPS) is 27.3. The number of carbonyl (C=O) groups is 1. The Balaban J connectivity index is 2.20. The first-order chi connectivity index (χ1) is 6.77. The summed E-state index contributed by atoms with van der Waals surface area (Å²) in [7, 11) is 1.71. The van der Waals surface area contributed by atoms with E-state index in [1.807, 2.05) is 0 Å². The van der Waals surface area contributed by atoms with E-state index in [9.17, 15) is 4.79 Å². The van der Waals surface area contributed by atoms with Crippen molar-refractivity contribution in [1.82, 2.24) is 5.32 Å². The van der Waals surface area contributed by atoms with E-state index in [-0.39, 0.29) is 11.8 Å². The Labute approximate surface area is 86.2 Å². The Morgan fingerprint density at radius 2 is 2.00 bits per heavy atom. The molecule has 0 unspecified atom stereocenters. The molecule has 1 aliphatic rings. The summed E-state index contributed by atoms with van der Waals surface area (Å²) in [4.78, 5) is 11.3. The standard InChI is InChI=1S/C11H21NO2/c1-3-8-14-10-6-4-9(5-7-10)11(13)12-2/h9-10H,3-8H2,1-2H3,(H,12,13). The van der Waals surface area contributed by atoms with Gasteiger partial charge in [0.25, 0.3) is 0 Å². The lowest BCUT2D eigenvalue weighted by Crippen LogP contribution is -2.32. The van der Waals surface area contributed by atoms with Crippen LogP contribution < -0.4 is 5.32 Å². The van der Waals surface area contributed by atoms with E-state index in [0.29, 0.717) is 6.10 Å². The van der Waals surface area contributed by atoms with Crippen molar-refractivity contribution in [3.05, 3.63) is 0 Å². The summed E-state index contributed by atoms with van der Waals surface area (Å²) in [5.74, 6) is 0.417. The van der Waals surface area contributed by atoms with E-state index < -0.39 is 0 Å². The summed E-state index contributed by atoms with van der Waals surface area (Å²) in [6, 6.07) is 0. The van der Waals surface area contributed by atoms with Crippen LogP contribution in [0.4, 0.5) is 0 Å². The molecular formula is C11H21NO2. The summed E-state index contributed by atoms with van der Waals surface area (Å²) < 4.78 is 5.66. The quantitative estimate of drug-likeness (QED) is 0.748. The highest BCUT2D eigenvalue weighted by Gasteiger charge is 2.25. The van der Waals surface area contributed by atoms with E-state index >= 15 is 0 Å². The Kier molecular flexibility index (Phi) is 4.94. The average Bonchev–Trinajstić information content (AvgIpc) is 2.26. The van der Waals surface area contributed by atoms with Crippen LogP contribution in [0, 0.1) is 5.92 Å². The van der Waals surface area contributed by atoms with Crippen molar-refractivity contribution >= 4 is 5.91 Å². The van der Waals surface area contributed by atoms with Gasteiger partial charge in [0, 0.05) is 19.6 Å². The van der Waals surface area contributed by atoms with Crippen LogP contribution in [0.2, 0.25) is 0 Å². The number of amides is 1. The van der Waals surface area contributed by atoms with Gasteiger partial charge in [-0.25, -0.2) is 0 Å². The summed E-state index contributed by atoms with van der Waals surface area (Å²) in [5, 5.41) is 2.71. The Hall–Kier alpha value is -0.570. The molecule has 1 rings (SSSR count). The Bertz CT molecular complexity index is 174. The van der Waals surface area contributed by atoms with Gasteiger partial charge in [-0.2, -0.15) is 0 Å². The monoisotopic (exact) mass is 199 g/mol. The minimum absolute atomic E-state index is 0.193. The van der Waals surface area contributed by atoms with Gasteiger partial charge in [0.1, 0.15) is 0 Å². The molecule has 3 nitrogen and oxygen atoms in total. The zero-order chi connectivity index (χ0) is 10.4. The molecule has 0 aliphatic heterocycles. The number of carbonyl (C=O) groups excluding carboxylic acids is 1. The maximum atomic E-state index is 11.3. The van der Waals surface area contributed by atoms with E-state index in [2.05, 4.69) is 12.2 Å². The molecule has 3 heteroatoms. The molecule has 0 heterocycles. The molecule has 0 saturated heterocycles. The lowest BCUT2D eigenvalue weighted by atomic mass is 9.87. The molecule has 1 aliphatic carbocycles. The lowest BCUT2D eigenvalue weighted by molar-refractivity contribution is -0.126. The molecule has 82 valence electrons. The summed E-state index contributed by atoms with van der Waals surface area (Å²) >= 11 is 0. The van der Waals surface area contributed by atoms with Crippen molar-refractivity contribution in [3.63, 3.8) is 0 Å². The van der Waals surface area contributed by atoms with Gasteiger partial charge in [-0.3, -0.25) is 4.79 Å². The highest BCUT2D eigenvalue weighted by atomic mass is 16.5. The van der Waals surface area contributed by atoms with Crippen LogP contribution in [-0.2, 0) is 9.53 Å². The fourth-order valence-corrected chi connectivity index (χ4v) is 1.98. The molecule has 0 radical (unpaired) electrons. The average molecular weight is 199 g/mol. The molecule has 0 bridgehead atoms. The second kappa shape index (κ2) is 6.02. The predicted octanol–water partition coefficient (Wildman–Crippen LogP) is 1.72. The molecule has 0 aromatic carbocycles. The third kappa shape index (κ3) is 3.29. The molecule has 0 atom stereocenters. The molecule has 0 aromatic heterocycles. The van der Waals surface area contributed by atoms with Gasteiger partial charge in [-0.1, -0.05) is 6.92 Å². The van der Waals surface area contributed by atoms with Crippen LogP contribution >= 0.6 is 0 Å². The van der Waals surface area contributed by atoms with Crippen LogP contribution in [0.1, 0.15) is 39.0 Å². The summed E-state index contributed by atoms with van der Waals surface area (Å²) in [5.41, 5.74) is 0. The van der Waals surface area contributed by atoms with Gasteiger partial charge in [-0.05, 0) is 32.1 Å². The molecule has 14 heavy (non-hydrogen) atoms. The zero-order valence-corrected chi connectivity index (χ0v) is 9.21. The van der Waals surface area contributed by atoms with Crippen LogP contribution in [0.15, 0.2) is 0 Å². The molecule has 1 N–H and O–H groups in total. The van der Waals surface area contributed by atoms with Gasteiger partial charge >= 0.3 is 0 Å². The largest absolute Gasteiger partial charge is 0.378 e. The van der Waals surface area contributed by atoms with E-state index in [4.69, 9.17) is 4.74 Å². The Morgan fingerprint density at radius 3 is 2.50 bits per heavy atom. The molecule has 1 amide bonds. The first-order valence-corrected chi connectivity index (χ1v) is 5.61. The van der Waals surface area contributed by atoms with Crippen LogP contribution in [0.25, 0.3) is 0 Å². The van der Waals surface area contributed by atoms with Gasteiger partial charge in [0.05, 0.1) is 6.10 Å². The van der Waals surface area contributed by atoms with Gasteiger partial charge in [0.15, 0.2) is 0 Å². The summed E-state index contributed by atoms with van der Waals surface area (Å²) in [6.07, 6.45) is 5.52. The lowest BCUT2D eigenvalue weighted by Gasteiger charge is -2.27. The van der Waals surface area contributed by atoms with Gasteiger partial charge < -0.3 is 10.1 Å². The maximum absolute atomic E-state index is 11.3. The van der Waals surface area contributed by atoms with Gasteiger partial charge in [0.2, 0.25) is 5.91 Å². The number of rotatable bonds is 4. The first-order valence-electron chi connectivity index (χ1n) is 5.61. The topological polar surface area (TPSA) is 38.3 Å². The van der Waals surface area contributed by atoms with Crippen LogP contribution in [0.5, 0.6) is 0 Å². The number of ether oxygens (including phenoxy) is 1. The number of nitrogens with one attached hydrogen (secondary N) is 1. The fourth-order valence-electron chi connectivity index (χ4n) is 1.98. The smallest absolute Gasteiger partial charge is 0.222 e. The van der Waals surface area contributed by atoms with Gasteiger partial charge in [-0.15, -0.1) is 0 Å². The van der Waals surface area contributed by atoms with E-state index in [1.165, 1.54) is 0 Å². The zero-order valence-electron chi connectivity index (χ0n) is 9.21. The molecular weight excluding hydrogens is 178 g/mol. The van der Waals surface area contributed by atoms with Crippen molar-refractivity contribution in [2.24, 2.45) is 5.92 Å². The molecule has 0 spiro atoms. The highest BCUT2D eigenvalue weighted by molar-refractivity contribution is 5.78. The fraction of sp³-hybridized carbons (Fsp3) is 0.909. The number of hydrogen-bond acceptors (Lipinski definition) is 2. The van der Waals surface area contributed by atoms with Crippen molar-refractivity contribution in [3.8, 4) is 0 Å². The second-order valence-electron chi connectivity index (χ2n) is 3.96. The second-order valence-corrected chi connectivity index (χ2v) is 3.96. The summed E-state index contributed by atoms with van der Waals surface area (Å²) in [6.45, 7) is 2.98. The molecule has 1 saturated carbocycles. The molecule has 1 fully saturated rings. The highest BCUT2D eigenvalue weighted by Crippen LogP contribution is 2.26. The molecule has 0 aromatic rings. The Morgan fingerprint density at radius 1 is 1.36 bits per heavy atom. The maximum Gasteiger partial charge on any atom is 0.222 e. The minimum atomic E-state index is 0.193. The van der Waals surface area contributed by atoms with Crippen molar-refractivity contribution in [2.45, 2.75) is 45.1 Å². The van der Waals surface area contributed by atoms with Crippen molar-refractivity contribution < 1.29 is 9.53 Å². The SMILES string of the molecule is CCCOC1CCC(C(=O)NC)CC1. The van der Waals surface area contributed by atoms with Crippen molar-refractivity contribution in [2.75, 3.05) is 13.7 Å². The predicted molar refractivity (Wildman–Crippen MR) is 56.1 cm³/mol. The minimum Gasteiger partial charge on any atom is -0.378 e.